The minimum absolute atomic E-state index is 0.00958. The fourth-order valence-corrected chi connectivity index (χ4v) is 4.11. The number of oxazole rings is 1. The van der Waals surface area contributed by atoms with Crippen LogP contribution in [0.15, 0.2) is 89.3 Å². The lowest BCUT2D eigenvalue weighted by Crippen LogP contribution is -2.09. The van der Waals surface area contributed by atoms with Gasteiger partial charge < -0.3 is 14.3 Å². The standard InChI is InChI=1S/C26H23NO4S/c1-32-22(16-18-9-8-14-21(15-18)30-17-23(28)29)26-27-24(19-10-4-2-5-11-19)25(31-26)20-12-6-3-7-13-20/h2-15,22H,16-17H2,1H3,(H,28,29). The number of aromatic nitrogens is 1. The lowest BCUT2D eigenvalue weighted by atomic mass is 10.1. The molecular weight excluding hydrogens is 422 g/mol. The summed E-state index contributed by atoms with van der Waals surface area (Å²) in [5, 5.41) is 8.83. The largest absolute Gasteiger partial charge is 0.482 e. The highest BCUT2D eigenvalue weighted by Gasteiger charge is 2.23. The number of rotatable bonds is 9. The van der Waals surface area contributed by atoms with Crippen LogP contribution in [-0.4, -0.2) is 28.9 Å². The predicted octanol–water partition coefficient (Wildman–Crippen LogP) is 6.12. The van der Waals surface area contributed by atoms with Crippen LogP contribution in [0.2, 0.25) is 0 Å². The molecule has 0 bridgehead atoms. The van der Waals surface area contributed by atoms with E-state index in [4.69, 9.17) is 19.2 Å². The van der Waals surface area contributed by atoms with Crippen molar-refractivity contribution in [3.05, 3.63) is 96.4 Å². The van der Waals surface area contributed by atoms with Gasteiger partial charge >= 0.3 is 5.97 Å². The van der Waals surface area contributed by atoms with Crippen LogP contribution >= 0.6 is 11.8 Å². The van der Waals surface area contributed by atoms with Gasteiger partial charge in [0.2, 0.25) is 5.89 Å². The normalized spacial score (nSPS) is 11.8. The van der Waals surface area contributed by atoms with Gasteiger partial charge in [0.05, 0.1) is 5.25 Å². The van der Waals surface area contributed by atoms with E-state index in [1.54, 1.807) is 17.8 Å². The molecule has 162 valence electrons. The average molecular weight is 446 g/mol. The molecule has 32 heavy (non-hydrogen) atoms. The van der Waals surface area contributed by atoms with E-state index < -0.39 is 5.97 Å². The van der Waals surface area contributed by atoms with E-state index in [1.807, 2.05) is 85.1 Å². The molecule has 1 atom stereocenters. The van der Waals surface area contributed by atoms with Crippen molar-refractivity contribution in [3.63, 3.8) is 0 Å². The Hall–Kier alpha value is -3.51. The van der Waals surface area contributed by atoms with Crippen LogP contribution in [0, 0.1) is 0 Å². The second kappa shape index (κ2) is 10.2. The van der Waals surface area contributed by atoms with Gasteiger partial charge in [-0.05, 0) is 30.4 Å². The van der Waals surface area contributed by atoms with Crippen LogP contribution in [0.25, 0.3) is 22.6 Å². The second-order valence-corrected chi connectivity index (χ2v) is 8.26. The highest BCUT2D eigenvalue weighted by molar-refractivity contribution is 7.98. The molecule has 1 unspecified atom stereocenters. The first-order chi connectivity index (χ1) is 15.6. The van der Waals surface area contributed by atoms with E-state index in [2.05, 4.69) is 0 Å². The van der Waals surface area contributed by atoms with Crippen molar-refractivity contribution in [2.45, 2.75) is 11.7 Å². The van der Waals surface area contributed by atoms with Crippen LogP contribution in [-0.2, 0) is 11.2 Å². The monoisotopic (exact) mass is 445 g/mol. The first-order valence-electron chi connectivity index (χ1n) is 10.2. The molecule has 0 fully saturated rings. The molecule has 4 rings (SSSR count). The number of benzene rings is 3. The van der Waals surface area contributed by atoms with Gasteiger partial charge in [-0.3, -0.25) is 0 Å². The number of carboxylic acid groups (broad SMARTS) is 1. The van der Waals surface area contributed by atoms with Crippen LogP contribution in [0.4, 0.5) is 0 Å². The molecule has 1 heterocycles. The zero-order valence-corrected chi connectivity index (χ0v) is 18.4. The van der Waals surface area contributed by atoms with Gasteiger partial charge in [0.1, 0.15) is 11.4 Å². The topological polar surface area (TPSA) is 72.6 Å². The van der Waals surface area contributed by atoms with E-state index in [1.165, 1.54) is 0 Å². The Kier molecular flexibility index (Phi) is 6.92. The number of hydrogen-bond donors (Lipinski definition) is 1. The summed E-state index contributed by atoms with van der Waals surface area (Å²) in [4.78, 5) is 15.7. The molecule has 0 aliphatic rings. The summed E-state index contributed by atoms with van der Waals surface area (Å²) in [6.07, 6.45) is 2.71. The summed E-state index contributed by atoms with van der Waals surface area (Å²) >= 11 is 1.66. The number of nitrogens with zero attached hydrogens (tertiary/aromatic N) is 1. The smallest absolute Gasteiger partial charge is 0.341 e. The van der Waals surface area contributed by atoms with E-state index >= 15 is 0 Å². The lowest BCUT2D eigenvalue weighted by molar-refractivity contribution is -0.139. The maximum absolute atomic E-state index is 10.8. The molecule has 6 heteroatoms. The second-order valence-electron chi connectivity index (χ2n) is 7.22. The molecule has 5 nitrogen and oxygen atoms in total. The van der Waals surface area contributed by atoms with Crippen molar-refractivity contribution in [3.8, 4) is 28.3 Å². The predicted molar refractivity (Wildman–Crippen MR) is 127 cm³/mol. The van der Waals surface area contributed by atoms with E-state index in [9.17, 15) is 4.79 Å². The van der Waals surface area contributed by atoms with Crippen molar-refractivity contribution in [1.29, 1.82) is 0 Å². The summed E-state index contributed by atoms with van der Waals surface area (Å²) in [5.74, 6) is 0.947. The summed E-state index contributed by atoms with van der Waals surface area (Å²) < 4.78 is 11.7. The SMILES string of the molecule is CSC(Cc1cccc(OCC(=O)O)c1)c1nc(-c2ccccc2)c(-c2ccccc2)o1. The Bertz CT molecular complexity index is 1120. The lowest BCUT2D eigenvalue weighted by Gasteiger charge is -2.12. The maximum atomic E-state index is 10.8. The van der Waals surface area contributed by atoms with Crippen molar-refractivity contribution < 1.29 is 19.1 Å². The zero-order valence-electron chi connectivity index (χ0n) is 17.6. The number of carboxylic acids is 1. The van der Waals surface area contributed by atoms with Crippen LogP contribution in [0.3, 0.4) is 0 Å². The van der Waals surface area contributed by atoms with Crippen LogP contribution < -0.4 is 4.74 Å². The highest BCUT2D eigenvalue weighted by atomic mass is 32.2. The van der Waals surface area contributed by atoms with Gasteiger partial charge in [-0.25, -0.2) is 9.78 Å². The van der Waals surface area contributed by atoms with Crippen LogP contribution in [0.1, 0.15) is 16.7 Å². The minimum Gasteiger partial charge on any atom is -0.482 e. The molecule has 1 N–H and O–H groups in total. The first-order valence-corrected chi connectivity index (χ1v) is 11.5. The molecule has 0 amide bonds. The maximum Gasteiger partial charge on any atom is 0.341 e. The van der Waals surface area contributed by atoms with E-state index in [0.29, 0.717) is 18.1 Å². The average Bonchev–Trinajstić information content (AvgIpc) is 3.28. The molecule has 0 saturated heterocycles. The number of aliphatic carboxylic acids is 1. The third-order valence-corrected chi connectivity index (χ3v) is 5.91. The van der Waals surface area contributed by atoms with Gasteiger partial charge in [-0.1, -0.05) is 72.8 Å². The molecule has 0 saturated carbocycles. The van der Waals surface area contributed by atoms with E-state index in [-0.39, 0.29) is 11.9 Å². The van der Waals surface area contributed by atoms with E-state index in [0.717, 1.165) is 28.1 Å². The fourth-order valence-electron chi connectivity index (χ4n) is 3.44. The van der Waals surface area contributed by atoms with Gasteiger partial charge in [0.15, 0.2) is 12.4 Å². The fraction of sp³-hybridized carbons (Fsp3) is 0.154. The molecule has 3 aromatic carbocycles. The van der Waals surface area contributed by atoms with Crippen molar-refractivity contribution in [1.82, 2.24) is 4.98 Å². The number of thioether (sulfide) groups is 1. The Balaban J connectivity index is 1.65. The number of ether oxygens (including phenoxy) is 1. The van der Waals surface area contributed by atoms with Crippen molar-refractivity contribution >= 4 is 17.7 Å². The quantitative estimate of drug-likeness (QED) is 0.335. The third-order valence-electron chi connectivity index (χ3n) is 4.97. The molecule has 0 spiro atoms. The van der Waals surface area contributed by atoms with Gasteiger partial charge in [0.25, 0.3) is 0 Å². The Morgan fingerprint density at radius 3 is 2.34 bits per heavy atom. The van der Waals surface area contributed by atoms with Crippen molar-refractivity contribution in [2.75, 3.05) is 12.9 Å². The van der Waals surface area contributed by atoms with Gasteiger partial charge in [-0.15, -0.1) is 0 Å². The summed E-state index contributed by atoms with van der Waals surface area (Å²) in [7, 11) is 0. The summed E-state index contributed by atoms with van der Waals surface area (Å²) in [5.41, 5.74) is 3.83. The first kappa shape index (κ1) is 21.7. The van der Waals surface area contributed by atoms with Gasteiger partial charge in [0, 0.05) is 11.1 Å². The summed E-state index contributed by atoms with van der Waals surface area (Å²) in [6, 6.07) is 27.5. The number of hydrogen-bond acceptors (Lipinski definition) is 5. The molecule has 0 aliphatic heterocycles. The molecule has 0 radical (unpaired) electrons. The minimum atomic E-state index is -1.00. The third kappa shape index (κ3) is 5.21. The Morgan fingerprint density at radius 2 is 1.69 bits per heavy atom. The van der Waals surface area contributed by atoms with Crippen molar-refractivity contribution in [2.24, 2.45) is 0 Å². The summed E-state index contributed by atoms with van der Waals surface area (Å²) in [6.45, 7) is -0.365. The zero-order chi connectivity index (χ0) is 22.3. The number of carbonyl (C=O) groups is 1. The molecule has 0 aliphatic carbocycles. The Morgan fingerprint density at radius 1 is 1.00 bits per heavy atom. The van der Waals surface area contributed by atoms with Gasteiger partial charge in [-0.2, -0.15) is 11.8 Å². The highest BCUT2D eigenvalue weighted by Crippen LogP contribution is 2.38. The molecular formula is C26H23NO4S. The molecule has 4 aromatic rings. The molecule has 1 aromatic heterocycles. The van der Waals surface area contributed by atoms with Crippen LogP contribution in [0.5, 0.6) is 5.75 Å². The Labute approximate surface area is 191 Å².